The van der Waals surface area contributed by atoms with Crippen LogP contribution in [0.2, 0.25) is 0 Å². The normalized spacial score (nSPS) is 10.1. The van der Waals surface area contributed by atoms with Crippen LogP contribution in [0.1, 0.15) is 23.2 Å². The van der Waals surface area contributed by atoms with Crippen LogP contribution in [0.3, 0.4) is 0 Å². The molecule has 0 aliphatic rings. The maximum atomic E-state index is 11.6. The first-order chi connectivity index (χ1) is 7.74. The SMILES string of the molecule is COCCCCNC(=O)c1ccc(S)cc1. The van der Waals surface area contributed by atoms with Gasteiger partial charge in [0.1, 0.15) is 0 Å². The van der Waals surface area contributed by atoms with Gasteiger partial charge in [-0.05, 0) is 37.1 Å². The highest BCUT2D eigenvalue weighted by Gasteiger charge is 2.03. The molecule has 3 nitrogen and oxygen atoms in total. The van der Waals surface area contributed by atoms with Crippen LogP contribution in [0.5, 0.6) is 0 Å². The largest absolute Gasteiger partial charge is 0.385 e. The fourth-order valence-electron chi connectivity index (χ4n) is 1.29. The molecule has 0 aliphatic heterocycles. The Morgan fingerprint density at radius 2 is 2.00 bits per heavy atom. The molecule has 1 amide bonds. The van der Waals surface area contributed by atoms with Gasteiger partial charge in [0.2, 0.25) is 0 Å². The number of nitrogens with one attached hydrogen (secondary N) is 1. The third kappa shape index (κ3) is 4.68. The van der Waals surface area contributed by atoms with E-state index in [9.17, 15) is 4.79 Å². The Morgan fingerprint density at radius 3 is 2.62 bits per heavy atom. The monoisotopic (exact) mass is 239 g/mol. The topological polar surface area (TPSA) is 38.3 Å². The highest BCUT2D eigenvalue weighted by Crippen LogP contribution is 2.07. The minimum absolute atomic E-state index is 0.0363. The molecule has 0 saturated heterocycles. The van der Waals surface area contributed by atoms with Gasteiger partial charge in [-0.1, -0.05) is 0 Å². The van der Waals surface area contributed by atoms with Crippen LogP contribution in [-0.4, -0.2) is 26.2 Å². The molecule has 1 rings (SSSR count). The van der Waals surface area contributed by atoms with Crippen molar-refractivity contribution in [2.75, 3.05) is 20.3 Å². The molecule has 0 saturated carbocycles. The molecular weight excluding hydrogens is 222 g/mol. The van der Waals surface area contributed by atoms with Gasteiger partial charge >= 0.3 is 0 Å². The molecule has 0 unspecified atom stereocenters. The summed E-state index contributed by atoms with van der Waals surface area (Å²) in [6, 6.07) is 7.16. The number of carbonyl (C=O) groups is 1. The van der Waals surface area contributed by atoms with Gasteiger partial charge in [0.25, 0.3) is 5.91 Å². The number of benzene rings is 1. The van der Waals surface area contributed by atoms with Gasteiger partial charge in [-0.25, -0.2) is 0 Å². The quantitative estimate of drug-likeness (QED) is 0.589. The average Bonchev–Trinajstić information content (AvgIpc) is 2.29. The van der Waals surface area contributed by atoms with Crippen LogP contribution in [0, 0.1) is 0 Å². The van der Waals surface area contributed by atoms with Crippen molar-refractivity contribution < 1.29 is 9.53 Å². The maximum Gasteiger partial charge on any atom is 0.251 e. The minimum atomic E-state index is -0.0363. The Kier molecular flexibility index (Phi) is 5.96. The summed E-state index contributed by atoms with van der Waals surface area (Å²) in [6.07, 6.45) is 1.90. The number of amides is 1. The van der Waals surface area contributed by atoms with Gasteiger partial charge in [-0.15, -0.1) is 12.6 Å². The van der Waals surface area contributed by atoms with Gasteiger partial charge in [0.05, 0.1) is 0 Å². The van der Waals surface area contributed by atoms with Gasteiger partial charge < -0.3 is 10.1 Å². The summed E-state index contributed by atoms with van der Waals surface area (Å²) in [5, 5.41) is 2.86. The van der Waals surface area contributed by atoms with Crippen LogP contribution in [0.25, 0.3) is 0 Å². The number of rotatable bonds is 6. The lowest BCUT2D eigenvalue weighted by molar-refractivity contribution is 0.0951. The molecule has 0 fully saturated rings. The lowest BCUT2D eigenvalue weighted by Crippen LogP contribution is -2.24. The fraction of sp³-hybridized carbons (Fsp3) is 0.417. The zero-order chi connectivity index (χ0) is 11.8. The van der Waals surface area contributed by atoms with E-state index >= 15 is 0 Å². The van der Waals surface area contributed by atoms with E-state index in [1.165, 1.54) is 0 Å². The Hall–Kier alpha value is -1.00. The summed E-state index contributed by atoms with van der Waals surface area (Å²) < 4.78 is 4.93. The maximum absolute atomic E-state index is 11.6. The van der Waals surface area contributed by atoms with Crippen LogP contribution in [-0.2, 0) is 4.74 Å². The molecule has 4 heteroatoms. The molecular formula is C12H17NO2S. The number of carbonyl (C=O) groups excluding carboxylic acids is 1. The summed E-state index contributed by atoms with van der Waals surface area (Å²) in [4.78, 5) is 12.5. The zero-order valence-electron chi connectivity index (χ0n) is 9.40. The summed E-state index contributed by atoms with van der Waals surface area (Å²) >= 11 is 4.16. The molecule has 0 atom stereocenters. The smallest absolute Gasteiger partial charge is 0.251 e. The van der Waals surface area contributed by atoms with Crippen molar-refractivity contribution >= 4 is 18.5 Å². The second kappa shape index (κ2) is 7.30. The van der Waals surface area contributed by atoms with Crippen molar-refractivity contribution in [3.05, 3.63) is 29.8 Å². The summed E-state index contributed by atoms with van der Waals surface area (Å²) in [5.74, 6) is -0.0363. The summed E-state index contributed by atoms with van der Waals surface area (Å²) in [5.41, 5.74) is 0.671. The van der Waals surface area contributed by atoms with E-state index in [4.69, 9.17) is 4.74 Å². The number of ether oxygens (including phenoxy) is 1. The summed E-state index contributed by atoms with van der Waals surface area (Å²) in [7, 11) is 1.68. The van der Waals surface area contributed by atoms with E-state index in [0.717, 1.165) is 24.3 Å². The molecule has 88 valence electrons. The summed E-state index contributed by atoms with van der Waals surface area (Å²) in [6.45, 7) is 1.43. The highest BCUT2D eigenvalue weighted by molar-refractivity contribution is 7.80. The van der Waals surface area contributed by atoms with Gasteiger partial charge in [0, 0.05) is 30.7 Å². The lowest BCUT2D eigenvalue weighted by Gasteiger charge is -2.05. The van der Waals surface area contributed by atoms with E-state index in [2.05, 4.69) is 17.9 Å². The predicted molar refractivity (Wildman–Crippen MR) is 67.1 cm³/mol. The van der Waals surface area contributed by atoms with Crippen molar-refractivity contribution in [1.82, 2.24) is 5.32 Å². The highest BCUT2D eigenvalue weighted by atomic mass is 32.1. The van der Waals surface area contributed by atoms with Gasteiger partial charge in [-0.3, -0.25) is 4.79 Å². The first-order valence-electron chi connectivity index (χ1n) is 5.30. The zero-order valence-corrected chi connectivity index (χ0v) is 10.3. The molecule has 1 aromatic rings. The van der Waals surface area contributed by atoms with Crippen LogP contribution in [0.4, 0.5) is 0 Å². The Balaban J connectivity index is 2.27. The van der Waals surface area contributed by atoms with Crippen LogP contribution < -0.4 is 5.32 Å². The molecule has 1 N–H and O–H groups in total. The van der Waals surface area contributed by atoms with Crippen molar-refractivity contribution in [2.45, 2.75) is 17.7 Å². The van der Waals surface area contributed by atoms with Crippen molar-refractivity contribution in [1.29, 1.82) is 0 Å². The third-order valence-corrected chi connectivity index (χ3v) is 2.49. The number of methoxy groups -OCH3 is 1. The van der Waals surface area contributed by atoms with Gasteiger partial charge in [0.15, 0.2) is 0 Å². The van der Waals surface area contributed by atoms with E-state index in [0.29, 0.717) is 12.1 Å². The number of thiol groups is 1. The van der Waals surface area contributed by atoms with E-state index in [-0.39, 0.29) is 5.91 Å². The minimum Gasteiger partial charge on any atom is -0.385 e. The second-order valence-electron chi connectivity index (χ2n) is 3.50. The number of unbranched alkanes of at least 4 members (excludes halogenated alkanes) is 1. The van der Waals surface area contributed by atoms with E-state index in [1.807, 2.05) is 12.1 Å². The first kappa shape index (κ1) is 13.1. The molecule has 0 heterocycles. The van der Waals surface area contributed by atoms with Crippen LogP contribution in [0.15, 0.2) is 29.2 Å². The Bertz CT molecular complexity index is 324. The molecule has 0 radical (unpaired) electrons. The molecule has 0 spiro atoms. The Morgan fingerprint density at radius 1 is 1.31 bits per heavy atom. The number of hydrogen-bond acceptors (Lipinski definition) is 3. The molecule has 0 bridgehead atoms. The van der Waals surface area contributed by atoms with E-state index in [1.54, 1.807) is 19.2 Å². The standard InChI is InChI=1S/C12H17NO2S/c1-15-9-3-2-8-13-12(14)10-4-6-11(16)7-5-10/h4-7,16H,2-3,8-9H2,1H3,(H,13,14). The van der Waals surface area contributed by atoms with Crippen molar-refractivity contribution in [3.8, 4) is 0 Å². The predicted octanol–water partition coefficient (Wildman–Crippen LogP) is 2.13. The fourth-order valence-corrected chi connectivity index (χ4v) is 1.44. The second-order valence-corrected chi connectivity index (χ2v) is 4.02. The van der Waals surface area contributed by atoms with Crippen LogP contribution >= 0.6 is 12.6 Å². The lowest BCUT2D eigenvalue weighted by atomic mass is 10.2. The molecule has 16 heavy (non-hydrogen) atoms. The van der Waals surface area contributed by atoms with Crippen molar-refractivity contribution in [3.63, 3.8) is 0 Å². The molecule has 1 aromatic carbocycles. The van der Waals surface area contributed by atoms with Crippen molar-refractivity contribution in [2.24, 2.45) is 0 Å². The molecule has 0 aliphatic carbocycles. The molecule has 0 aromatic heterocycles. The first-order valence-corrected chi connectivity index (χ1v) is 5.75. The Labute approximate surface area is 102 Å². The average molecular weight is 239 g/mol. The van der Waals surface area contributed by atoms with E-state index < -0.39 is 0 Å². The third-order valence-electron chi connectivity index (χ3n) is 2.19. The van der Waals surface area contributed by atoms with Gasteiger partial charge in [-0.2, -0.15) is 0 Å². The number of hydrogen-bond donors (Lipinski definition) is 2.